The molecule has 82 valence electrons. The first-order valence-corrected chi connectivity index (χ1v) is 6.20. The van der Waals surface area contributed by atoms with E-state index in [1.54, 1.807) is 5.56 Å². The Balaban J connectivity index is 2.01. The molecule has 1 aliphatic carbocycles. The molecule has 0 saturated heterocycles. The zero-order valence-electron chi connectivity index (χ0n) is 9.63. The van der Waals surface area contributed by atoms with Gasteiger partial charge in [0.15, 0.2) is 0 Å². The summed E-state index contributed by atoms with van der Waals surface area (Å²) >= 11 is 0. The summed E-state index contributed by atoms with van der Waals surface area (Å²) in [6, 6.07) is 8.92. The Morgan fingerprint density at radius 3 is 2.73 bits per heavy atom. The lowest BCUT2D eigenvalue weighted by Gasteiger charge is -2.28. The van der Waals surface area contributed by atoms with Crippen LogP contribution in [0.2, 0.25) is 0 Å². The fourth-order valence-electron chi connectivity index (χ4n) is 2.21. The Morgan fingerprint density at radius 1 is 1.27 bits per heavy atom. The third-order valence-corrected chi connectivity index (χ3v) is 3.34. The Bertz CT molecular complexity index is 302. The molecular formula is C14H21N. The highest BCUT2D eigenvalue weighted by Crippen LogP contribution is 2.37. The second-order valence-electron chi connectivity index (χ2n) is 4.50. The highest BCUT2D eigenvalue weighted by Gasteiger charge is 2.21. The van der Waals surface area contributed by atoms with Crippen molar-refractivity contribution < 1.29 is 0 Å². The van der Waals surface area contributed by atoms with Crippen LogP contribution in [0.5, 0.6) is 0 Å². The Morgan fingerprint density at radius 2 is 2.07 bits per heavy atom. The van der Waals surface area contributed by atoms with E-state index in [0.717, 1.165) is 19.0 Å². The predicted molar refractivity (Wildman–Crippen MR) is 65.0 cm³/mol. The van der Waals surface area contributed by atoms with Crippen LogP contribution in [0.1, 0.15) is 49.7 Å². The van der Waals surface area contributed by atoms with Crippen LogP contribution in [0.4, 0.5) is 0 Å². The fraction of sp³-hybridized carbons (Fsp3) is 0.571. The van der Waals surface area contributed by atoms with E-state index in [1.807, 2.05) is 0 Å². The summed E-state index contributed by atoms with van der Waals surface area (Å²) in [6.45, 7) is 4.38. The van der Waals surface area contributed by atoms with Crippen molar-refractivity contribution in [1.29, 1.82) is 0 Å². The zero-order valence-corrected chi connectivity index (χ0v) is 9.63. The minimum absolute atomic E-state index is 0.852. The van der Waals surface area contributed by atoms with Crippen molar-refractivity contribution in [2.45, 2.75) is 45.1 Å². The molecule has 0 amide bonds. The quantitative estimate of drug-likeness (QED) is 0.723. The van der Waals surface area contributed by atoms with E-state index in [0.29, 0.717) is 0 Å². The van der Waals surface area contributed by atoms with Gasteiger partial charge >= 0.3 is 0 Å². The summed E-state index contributed by atoms with van der Waals surface area (Å²) in [5, 5.41) is 3.49. The summed E-state index contributed by atoms with van der Waals surface area (Å²) < 4.78 is 0. The van der Waals surface area contributed by atoms with Gasteiger partial charge in [0.2, 0.25) is 0 Å². The molecule has 15 heavy (non-hydrogen) atoms. The van der Waals surface area contributed by atoms with Gasteiger partial charge in [-0.25, -0.2) is 0 Å². The van der Waals surface area contributed by atoms with E-state index in [2.05, 4.69) is 36.5 Å². The zero-order chi connectivity index (χ0) is 10.5. The molecule has 1 aliphatic rings. The van der Waals surface area contributed by atoms with E-state index >= 15 is 0 Å². The number of hydrogen-bond donors (Lipinski definition) is 1. The smallest absolute Gasteiger partial charge is 0.0208 e. The molecule has 0 aromatic heterocycles. The van der Waals surface area contributed by atoms with Gasteiger partial charge in [0.05, 0.1) is 0 Å². The van der Waals surface area contributed by atoms with Crippen LogP contribution in [-0.2, 0) is 6.54 Å². The van der Waals surface area contributed by atoms with E-state index < -0.39 is 0 Å². The molecule has 1 aromatic carbocycles. The van der Waals surface area contributed by atoms with Crippen molar-refractivity contribution in [1.82, 2.24) is 5.32 Å². The lowest BCUT2D eigenvalue weighted by Crippen LogP contribution is -2.18. The second-order valence-corrected chi connectivity index (χ2v) is 4.50. The average Bonchev–Trinajstić information content (AvgIpc) is 2.18. The molecule has 1 nitrogen and oxygen atoms in total. The number of rotatable bonds is 5. The van der Waals surface area contributed by atoms with Crippen LogP contribution >= 0.6 is 0 Å². The van der Waals surface area contributed by atoms with Gasteiger partial charge in [0.1, 0.15) is 0 Å². The molecule has 1 fully saturated rings. The minimum Gasteiger partial charge on any atom is -0.313 e. The molecule has 0 heterocycles. The monoisotopic (exact) mass is 203 g/mol. The normalized spacial score (nSPS) is 16.3. The standard InChI is InChI=1S/C14H21N/c1-2-10-15-11-13-6-3-4-9-14(13)12-7-5-8-12/h3-4,6,9,12,15H,2,5,7-8,10-11H2,1H3. The van der Waals surface area contributed by atoms with Crippen LogP contribution in [0, 0.1) is 0 Å². The third kappa shape index (κ3) is 2.60. The first-order chi connectivity index (χ1) is 7.42. The van der Waals surface area contributed by atoms with Crippen molar-refractivity contribution in [3.63, 3.8) is 0 Å². The highest BCUT2D eigenvalue weighted by atomic mass is 14.8. The van der Waals surface area contributed by atoms with Gasteiger partial charge < -0.3 is 5.32 Å². The third-order valence-electron chi connectivity index (χ3n) is 3.34. The van der Waals surface area contributed by atoms with Crippen LogP contribution < -0.4 is 5.32 Å². The molecule has 0 radical (unpaired) electrons. The summed E-state index contributed by atoms with van der Waals surface area (Å²) in [4.78, 5) is 0. The van der Waals surface area contributed by atoms with Gasteiger partial charge in [-0.2, -0.15) is 0 Å². The van der Waals surface area contributed by atoms with E-state index in [1.165, 1.54) is 31.2 Å². The van der Waals surface area contributed by atoms with E-state index in [9.17, 15) is 0 Å². The Hall–Kier alpha value is -0.820. The average molecular weight is 203 g/mol. The van der Waals surface area contributed by atoms with Crippen LogP contribution in [0.15, 0.2) is 24.3 Å². The van der Waals surface area contributed by atoms with Crippen molar-refractivity contribution in [2.24, 2.45) is 0 Å². The minimum atomic E-state index is 0.852. The highest BCUT2D eigenvalue weighted by molar-refractivity contribution is 5.31. The van der Waals surface area contributed by atoms with Gasteiger partial charge in [-0.05, 0) is 42.9 Å². The van der Waals surface area contributed by atoms with Gasteiger partial charge in [-0.1, -0.05) is 37.6 Å². The lowest BCUT2D eigenvalue weighted by atomic mass is 9.78. The maximum Gasteiger partial charge on any atom is 0.0208 e. The number of benzene rings is 1. The maximum atomic E-state index is 3.49. The van der Waals surface area contributed by atoms with Crippen molar-refractivity contribution in [3.05, 3.63) is 35.4 Å². The first kappa shape index (κ1) is 10.7. The Kier molecular flexibility index (Phi) is 3.79. The summed E-state index contributed by atoms with van der Waals surface area (Å²) in [5.41, 5.74) is 3.10. The molecule has 1 aromatic rings. The lowest BCUT2D eigenvalue weighted by molar-refractivity contribution is 0.416. The fourth-order valence-corrected chi connectivity index (χ4v) is 2.21. The molecule has 1 N–H and O–H groups in total. The van der Waals surface area contributed by atoms with Gasteiger partial charge in [-0.15, -0.1) is 0 Å². The van der Waals surface area contributed by atoms with Crippen LogP contribution in [-0.4, -0.2) is 6.54 Å². The van der Waals surface area contributed by atoms with Crippen molar-refractivity contribution in [3.8, 4) is 0 Å². The topological polar surface area (TPSA) is 12.0 Å². The van der Waals surface area contributed by atoms with Gasteiger partial charge in [-0.3, -0.25) is 0 Å². The molecule has 0 atom stereocenters. The first-order valence-electron chi connectivity index (χ1n) is 6.20. The Labute approximate surface area is 92.9 Å². The van der Waals surface area contributed by atoms with Crippen LogP contribution in [0.3, 0.4) is 0 Å². The maximum absolute atomic E-state index is 3.49. The molecule has 1 heteroatoms. The second kappa shape index (κ2) is 5.32. The molecule has 0 bridgehead atoms. The van der Waals surface area contributed by atoms with Gasteiger partial charge in [0.25, 0.3) is 0 Å². The van der Waals surface area contributed by atoms with Gasteiger partial charge in [0, 0.05) is 6.54 Å². The van der Waals surface area contributed by atoms with E-state index in [-0.39, 0.29) is 0 Å². The number of hydrogen-bond acceptors (Lipinski definition) is 1. The molecule has 2 rings (SSSR count). The van der Waals surface area contributed by atoms with Crippen LogP contribution in [0.25, 0.3) is 0 Å². The molecule has 0 aliphatic heterocycles. The number of nitrogens with one attached hydrogen (secondary N) is 1. The SMILES string of the molecule is CCCNCc1ccccc1C1CCC1. The molecule has 0 unspecified atom stereocenters. The van der Waals surface area contributed by atoms with E-state index in [4.69, 9.17) is 0 Å². The molecular weight excluding hydrogens is 182 g/mol. The summed E-state index contributed by atoms with van der Waals surface area (Å²) in [7, 11) is 0. The summed E-state index contributed by atoms with van der Waals surface area (Å²) in [5.74, 6) is 0.852. The largest absolute Gasteiger partial charge is 0.313 e. The van der Waals surface area contributed by atoms with Crippen molar-refractivity contribution in [2.75, 3.05) is 6.54 Å². The predicted octanol–water partition coefficient (Wildman–Crippen LogP) is 3.45. The van der Waals surface area contributed by atoms with Crippen molar-refractivity contribution >= 4 is 0 Å². The molecule has 1 saturated carbocycles. The summed E-state index contributed by atoms with van der Waals surface area (Å²) in [6.07, 6.45) is 5.42. The molecule has 0 spiro atoms.